The van der Waals surface area contributed by atoms with Gasteiger partial charge in [0, 0.05) is 13.0 Å². The van der Waals surface area contributed by atoms with Crippen molar-refractivity contribution in [1.82, 2.24) is 4.90 Å². The fourth-order valence-electron chi connectivity index (χ4n) is 3.84. The molecule has 2 aliphatic heterocycles. The van der Waals surface area contributed by atoms with Crippen LogP contribution in [0.5, 0.6) is 5.75 Å². The Bertz CT molecular complexity index is 845. The van der Waals surface area contributed by atoms with E-state index in [2.05, 4.69) is 0 Å². The maximum Gasteiger partial charge on any atom is 0.227 e. The van der Waals surface area contributed by atoms with Crippen LogP contribution in [0.1, 0.15) is 34.3 Å². The second-order valence-electron chi connectivity index (χ2n) is 7.11. The summed E-state index contributed by atoms with van der Waals surface area (Å²) in [6.45, 7) is 3.15. The largest absolute Gasteiger partial charge is 0.484 e. The van der Waals surface area contributed by atoms with Gasteiger partial charge in [0.1, 0.15) is 11.4 Å². The highest BCUT2D eigenvalue weighted by Crippen LogP contribution is 2.38. The van der Waals surface area contributed by atoms with E-state index < -0.39 is 5.60 Å². The number of aryl methyl sites for hydroxylation is 1. The maximum atomic E-state index is 12.7. The fraction of sp³-hybridized carbons (Fsp3) is 0.333. The Balaban J connectivity index is 1.48. The van der Waals surface area contributed by atoms with Crippen molar-refractivity contribution in [2.24, 2.45) is 0 Å². The van der Waals surface area contributed by atoms with Crippen molar-refractivity contribution in [3.05, 3.63) is 65.2 Å². The lowest BCUT2D eigenvalue weighted by molar-refractivity contribution is -0.130. The van der Waals surface area contributed by atoms with E-state index in [1.165, 1.54) is 0 Å². The van der Waals surface area contributed by atoms with Crippen molar-refractivity contribution >= 4 is 11.7 Å². The van der Waals surface area contributed by atoms with Gasteiger partial charge >= 0.3 is 0 Å². The lowest BCUT2D eigenvalue weighted by Gasteiger charge is -2.34. The quantitative estimate of drug-likeness (QED) is 0.847. The molecule has 1 spiro atoms. The number of ether oxygens (including phenoxy) is 1. The molecule has 2 aliphatic rings. The summed E-state index contributed by atoms with van der Waals surface area (Å²) in [6, 6.07) is 15.4. The van der Waals surface area contributed by atoms with Gasteiger partial charge in [-0.3, -0.25) is 9.59 Å². The molecular formula is C21H21NO3. The summed E-state index contributed by atoms with van der Waals surface area (Å²) in [5.41, 5.74) is 2.27. The van der Waals surface area contributed by atoms with Crippen LogP contribution in [0, 0.1) is 6.92 Å². The number of carbonyl (C=O) groups is 2. The molecule has 0 aliphatic carbocycles. The van der Waals surface area contributed by atoms with E-state index in [0.29, 0.717) is 43.7 Å². The number of hydrogen-bond donors (Lipinski definition) is 0. The zero-order valence-electron chi connectivity index (χ0n) is 14.3. The lowest BCUT2D eigenvalue weighted by Crippen LogP contribution is -2.45. The number of rotatable bonds is 2. The van der Waals surface area contributed by atoms with Crippen LogP contribution in [0.3, 0.4) is 0 Å². The van der Waals surface area contributed by atoms with Crippen LogP contribution in [0.15, 0.2) is 48.5 Å². The predicted octanol–water partition coefficient (Wildman–Crippen LogP) is 3.17. The second kappa shape index (κ2) is 6.03. The highest BCUT2D eigenvalue weighted by molar-refractivity contribution is 6.00. The van der Waals surface area contributed by atoms with Crippen LogP contribution >= 0.6 is 0 Å². The van der Waals surface area contributed by atoms with Crippen molar-refractivity contribution in [3.8, 4) is 5.75 Å². The summed E-state index contributed by atoms with van der Waals surface area (Å²) in [6.07, 6.45) is 1.44. The molecule has 4 rings (SSSR count). The van der Waals surface area contributed by atoms with Crippen LogP contribution in [0.25, 0.3) is 0 Å². The number of likely N-dealkylation sites (tertiary alicyclic amines) is 1. The van der Waals surface area contributed by atoms with E-state index in [4.69, 9.17) is 4.74 Å². The molecule has 1 amide bonds. The first-order valence-electron chi connectivity index (χ1n) is 8.69. The van der Waals surface area contributed by atoms with Gasteiger partial charge in [0.15, 0.2) is 5.78 Å². The molecule has 0 saturated carbocycles. The van der Waals surface area contributed by atoms with Gasteiger partial charge in [-0.2, -0.15) is 0 Å². The standard InChI is InChI=1S/C21H21NO3/c1-15-5-4-6-16(11-15)12-20(24)22-10-9-21(14-22)13-18(23)17-7-2-3-8-19(17)25-21/h2-8,11H,9-10,12-14H2,1H3. The summed E-state index contributed by atoms with van der Waals surface area (Å²) in [5, 5.41) is 0. The van der Waals surface area contributed by atoms with E-state index in [0.717, 1.165) is 11.1 Å². The first kappa shape index (κ1) is 15.9. The third-order valence-electron chi connectivity index (χ3n) is 5.10. The summed E-state index contributed by atoms with van der Waals surface area (Å²) in [4.78, 5) is 27.0. The number of ketones is 1. The number of amides is 1. The van der Waals surface area contributed by atoms with Crippen LogP contribution < -0.4 is 4.74 Å². The third-order valence-corrected chi connectivity index (χ3v) is 5.10. The molecule has 2 aromatic rings. The number of Topliss-reactive ketones (excluding diaryl/α,β-unsaturated/α-hetero) is 1. The van der Waals surface area contributed by atoms with Crippen LogP contribution in [-0.2, 0) is 11.2 Å². The van der Waals surface area contributed by atoms with Gasteiger partial charge in [-0.05, 0) is 24.6 Å². The average Bonchev–Trinajstić information content (AvgIpc) is 2.98. The van der Waals surface area contributed by atoms with E-state index in [-0.39, 0.29) is 11.7 Å². The number of carbonyl (C=O) groups excluding carboxylic acids is 2. The van der Waals surface area contributed by atoms with Crippen LogP contribution in [-0.4, -0.2) is 35.3 Å². The van der Waals surface area contributed by atoms with Crippen molar-refractivity contribution in [1.29, 1.82) is 0 Å². The normalized spacial score (nSPS) is 22.0. The Hall–Kier alpha value is -2.62. The summed E-state index contributed by atoms with van der Waals surface area (Å²) in [7, 11) is 0. The number of hydrogen-bond acceptors (Lipinski definition) is 3. The third kappa shape index (κ3) is 3.04. The number of benzene rings is 2. The van der Waals surface area contributed by atoms with E-state index in [1.54, 1.807) is 6.07 Å². The van der Waals surface area contributed by atoms with Crippen molar-refractivity contribution in [2.75, 3.05) is 13.1 Å². The number of fused-ring (bicyclic) bond motifs is 1. The molecule has 4 heteroatoms. The van der Waals surface area contributed by atoms with Crippen LogP contribution in [0.4, 0.5) is 0 Å². The highest BCUT2D eigenvalue weighted by atomic mass is 16.5. The summed E-state index contributed by atoms with van der Waals surface area (Å²) < 4.78 is 6.19. The highest BCUT2D eigenvalue weighted by Gasteiger charge is 2.46. The minimum atomic E-state index is -0.562. The summed E-state index contributed by atoms with van der Waals surface area (Å²) in [5.74, 6) is 0.846. The first-order valence-corrected chi connectivity index (χ1v) is 8.69. The van der Waals surface area contributed by atoms with Gasteiger partial charge in [0.2, 0.25) is 5.91 Å². The second-order valence-corrected chi connectivity index (χ2v) is 7.11. The molecule has 0 N–H and O–H groups in total. The molecule has 2 heterocycles. The van der Waals surface area contributed by atoms with Gasteiger partial charge < -0.3 is 9.64 Å². The van der Waals surface area contributed by atoms with E-state index in [1.807, 2.05) is 54.3 Å². The number of para-hydroxylation sites is 1. The topological polar surface area (TPSA) is 46.6 Å². The van der Waals surface area contributed by atoms with Gasteiger partial charge in [0.25, 0.3) is 0 Å². The lowest BCUT2D eigenvalue weighted by atomic mass is 9.89. The zero-order chi connectivity index (χ0) is 17.4. The van der Waals surface area contributed by atoms with Crippen molar-refractivity contribution < 1.29 is 14.3 Å². The predicted molar refractivity (Wildman–Crippen MR) is 94.8 cm³/mol. The molecular weight excluding hydrogens is 314 g/mol. The molecule has 0 radical (unpaired) electrons. The van der Waals surface area contributed by atoms with E-state index in [9.17, 15) is 9.59 Å². The van der Waals surface area contributed by atoms with Crippen molar-refractivity contribution in [2.45, 2.75) is 31.8 Å². The van der Waals surface area contributed by atoms with Gasteiger partial charge in [-0.25, -0.2) is 0 Å². The Morgan fingerprint density at radius 3 is 2.88 bits per heavy atom. The number of nitrogens with zero attached hydrogens (tertiary/aromatic N) is 1. The molecule has 1 unspecified atom stereocenters. The van der Waals surface area contributed by atoms with Gasteiger partial charge in [-0.1, -0.05) is 42.0 Å². The Morgan fingerprint density at radius 2 is 2.04 bits per heavy atom. The molecule has 128 valence electrons. The van der Waals surface area contributed by atoms with Crippen molar-refractivity contribution in [3.63, 3.8) is 0 Å². The SMILES string of the molecule is Cc1cccc(CC(=O)N2CCC3(CC(=O)c4ccccc4O3)C2)c1. The molecule has 1 saturated heterocycles. The Morgan fingerprint density at radius 1 is 1.20 bits per heavy atom. The van der Waals surface area contributed by atoms with Crippen LogP contribution in [0.2, 0.25) is 0 Å². The zero-order valence-corrected chi connectivity index (χ0v) is 14.3. The van der Waals surface area contributed by atoms with E-state index >= 15 is 0 Å². The molecule has 0 bridgehead atoms. The minimum absolute atomic E-state index is 0.0948. The fourth-order valence-corrected chi connectivity index (χ4v) is 3.84. The Labute approximate surface area is 147 Å². The summed E-state index contributed by atoms with van der Waals surface area (Å²) >= 11 is 0. The maximum absolute atomic E-state index is 12.7. The first-order chi connectivity index (χ1) is 12.0. The molecule has 0 aromatic heterocycles. The molecule has 4 nitrogen and oxygen atoms in total. The molecule has 1 atom stereocenters. The molecule has 2 aromatic carbocycles. The van der Waals surface area contributed by atoms with Gasteiger partial charge in [-0.15, -0.1) is 0 Å². The smallest absolute Gasteiger partial charge is 0.227 e. The molecule has 25 heavy (non-hydrogen) atoms. The minimum Gasteiger partial charge on any atom is -0.484 e. The average molecular weight is 335 g/mol. The Kier molecular flexibility index (Phi) is 3.83. The monoisotopic (exact) mass is 335 g/mol. The molecule has 1 fully saturated rings. The van der Waals surface area contributed by atoms with Gasteiger partial charge in [0.05, 0.1) is 24.9 Å².